The second-order valence-electron chi connectivity index (χ2n) is 6.76. The molecule has 1 atom stereocenters. The Balaban J connectivity index is 2.29. The third kappa shape index (κ3) is 3.84. The van der Waals surface area contributed by atoms with Crippen molar-refractivity contribution in [2.24, 2.45) is 0 Å². The molecule has 0 aliphatic carbocycles. The summed E-state index contributed by atoms with van der Waals surface area (Å²) in [7, 11) is 0. The quantitative estimate of drug-likeness (QED) is 0.735. The van der Waals surface area contributed by atoms with E-state index in [1.54, 1.807) is 6.07 Å². The Morgan fingerprint density at radius 2 is 1.50 bits per heavy atom. The Labute approximate surface area is 144 Å². The third-order valence-electron chi connectivity index (χ3n) is 4.32. The van der Waals surface area contributed by atoms with Crippen molar-refractivity contribution in [3.05, 3.63) is 59.9 Å². The van der Waals surface area contributed by atoms with Crippen LogP contribution >= 0.6 is 0 Å². The second-order valence-corrected chi connectivity index (χ2v) is 6.76. The highest BCUT2D eigenvalue weighted by Gasteiger charge is 2.26. The fraction of sp³-hybridized carbons (Fsp3) is 0.381. The van der Waals surface area contributed by atoms with Crippen molar-refractivity contribution in [1.29, 1.82) is 0 Å². The first-order valence-corrected chi connectivity index (χ1v) is 8.50. The van der Waals surface area contributed by atoms with Gasteiger partial charge in [-0.25, -0.2) is 4.39 Å². The Bertz CT molecular complexity index is 686. The molecule has 0 aromatic heterocycles. The van der Waals surface area contributed by atoms with E-state index in [4.69, 9.17) is 0 Å². The van der Waals surface area contributed by atoms with Crippen LogP contribution in [0.15, 0.2) is 48.5 Å². The van der Waals surface area contributed by atoms with Crippen LogP contribution in [0.5, 0.6) is 0 Å². The molecule has 0 unspecified atom stereocenters. The summed E-state index contributed by atoms with van der Waals surface area (Å²) in [6, 6.07) is 14.8. The number of hydrogen-bond donors (Lipinski definition) is 0. The molecule has 24 heavy (non-hydrogen) atoms. The zero-order chi connectivity index (χ0) is 17.9. The molecule has 0 saturated carbocycles. The molecule has 0 radical (unpaired) electrons. The molecule has 3 heteroatoms. The minimum atomic E-state index is -0.367. The van der Waals surface area contributed by atoms with Gasteiger partial charge in [0, 0.05) is 17.6 Å². The standard InChI is InChI=1S/C21H26FNO/c1-14(2)23(15(3)4)21(24)16(5)18-11-12-19(20(22)13-18)17-9-7-6-8-10-17/h6-16H,1-5H3/t16-/m1/s1. The van der Waals surface area contributed by atoms with Gasteiger partial charge < -0.3 is 4.90 Å². The van der Waals surface area contributed by atoms with Crippen LogP contribution in [0.25, 0.3) is 11.1 Å². The molecule has 0 N–H and O–H groups in total. The first-order chi connectivity index (χ1) is 11.3. The molecule has 2 aromatic carbocycles. The molecule has 0 bridgehead atoms. The summed E-state index contributed by atoms with van der Waals surface area (Å²) in [5, 5.41) is 0. The number of halogens is 1. The van der Waals surface area contributed by atoms with Gasteiger partial charge in [-0.2, -0.15) is 0 Å². The predicted octanol–water partition coefficient (Wildman–Crippen LogP) is 5.24. The van der Waals surface area contributed by atoms with Gasteiger partial charge in [0.15, 0.2) is 0 Å². The number of carbonyl (C=O) groups is 1. The maximum absolute atomic E-state index is 14.6. The van der Waals surface area contributed by atoms with Gasteiger partial charge >= 0.3 is 0 Å². The first-order valence-electron chi connectivity index (χ1n) is 8.50. The molecule has 0 aliphatic rings. The zero-order valence-corrected chi connectivity index (χ0v) is 15.1. The SMILES string of the molecule is CC(C)N(C(=O)[C@H](C)c1ccc(-c2ccccc2)c(F)c1)C(C)C. The van der Waals surface area contributed by atoms with Gasteiger partial charge in [0.25, 0.3) is 0 Å². The lowest BCUT2D eigenvalue weighted by Gasteiger charge is -2.33. The fourth-order valence-electron chi connectivity index (χ4n) is 3.12. The van der Waals surface area contributed by atoms with Crippen molar-refractivity contribution in [2.45, 2.75) is 52.6 Å². The Kier molecular flexibility index (Phi) is 5.76. The number of rotatable bonds is 5. The molecular formula is C21H26FNO. The first kappa shape index (κ1) is 18.2. The van der Waals surface area contributed by atoms with Crippen LogP contribution in [0, 0.1) is 5.82 Å². The molecule has 1 amide bonds. The summed E-state index contributed by atoms with van der Waals surface area (Å²) in [5.74, 6) is -0.625. The summed E-state index contributed by atoms with van der Waals surface area (Å²) in [5.41, 5.74) is 2.11. The van der Waals surface area contributed by atoms with E-state index in [0.29, 0.717) is 11.1 Å². The average Bonchev–Trinajstić information content (AvgIpc) is 2.54. The van der Waals surface area contributed by atoms with Crippen LogP contribution in [-0.4, -0.2) is 22.9 Å². The van der Waals surface area contributed by atoms with Gasteiger partial charge in [0.2, 0.25) is 5.91 Å². The van der Waals surface area contributed by atoms with E-state index in [1.807, 2.05) is 75.9 Å². The number of carbonyl (C=O) groups excluding carboxylic acids is 1. The molecule has 0 aliphatic heterocycles. The van der Waals surface area contributed by atoms with Crippen molar-refractivity contribution >= 4 is 5.91 Å². The Morgan fingerprint density at radius 1 is 0.917 bits per heavy atom. The van der Waals surface area contributed by atoms with Crippen molar-refractivity contribution in [1.82, 2.24) is 4.90 Å². The van der Waals surface area contributed by atoms with Gasteiger partial charge in [-0.3, -0.25) is 4.79 Å². The van der Waals surface area contributed by atoms with E-state index in [0.717, 1.165) is 5.56 Å². The zero-order valence-electron chi connectivity index (χ0n) is 15.1. The van der Waals surface area contributed by atoms with Gasteiger partial charge in [0.05, 0.1) is 5.92 Å². The maximum Gasteiger partial charge on any atom is 0.230 e. The van der Waals surface area contributed by atoms with Gasteiger partial charge in [0.1, 0.15) is 5.82 Å². The molecular weight excluding hydrogens is 301 g/mol. The number of benzene rings is 2. The van der Waals surface area contributed by atoms with E-state index in [2.05, 4.69) is 0 Å². The van der Waals surface area contributed by atoms with Crippen LogP contribution < -0.4 is 0 Å². The molecule has 0 heterocycles. The monoisotopic (exact) mass is 327 g/mol. The molecule has 128 valence electrons. The highest BCUT2D eigenvalue weighted by atomic mass is 19.1. The van der Waals surface area contributed by atoms with Crippen LogP contribution in [0.4, 0.5) is 4.39 Å². The van der Waals surface area contributed by atoms with Crippen LogP contribution in [0.1, 0.15) is 46.1 Å². The number of nitrogens with zero attached hydrogens (tertiary/aromatic N) is 1. The van der Waals surface area contributed by atoms with E-state index in [-0.39, 0.29) is 29.7 Å². The van der Waals surface area contributed by atoms with Crippen molar-refractivity contribution in [3.63, 3.8) is 0 Å². The molecule has 2 aromatic rings. The van der Waals surface area contributed by atoms with E-state index >= 15 is 0 Å². The van der Waals surface area contributed by atoms with Crippen molar-refractivity contribution < 1.29 is 9.18 Å². The maximum atomic E-state index is 14.6. The van der Waals surface area contributed by atoms with E-state index in [1.165, 1.54) is 6.07 Å². The lowest BCUT2D eigenvalue weighted by molar-refractivity contribution is -0.136. The molecule has 2 rings (SSSR count). The summed E-state index contributed by atoms with van der Waals surface area (Å²) >= 11 is 0. The Hall–Kier alpha value is -2.16. The largest absolute Gasteiger partial charge is 0.337 e. The van der Waals surface area contributed by atoms with Crippen LogP contribution in [0.2, 0.25) is 0 Å². The normalized spacial score (nSPS) is 12.5. The second kappa shape index (κ2) is 7.61. The van der Waals surface area contributed by atoms with Gasteiger partial charge in [-0.1, -0.05) is 42.5 Å². The fourth-order valence-corrected chi connectivity index (χ4v) is 3.12. The molecule has 2 nitrogen and oxygen atoms in total. The van der Waals surface area contributed by atoms with E-state index < -0.39 is 0 Å². The van der Waals surface area contributed by atoms with Crippen molar-refractivity contribution in [2.75, 3.05) is 0 Å². The Morgan fingerprint density at radius 3 is 2.00 bits per heavy atom. The average molecular weight is 327 g/mol. The highest BCUT2D eigenvalue weighted by molar-refractivity contribution is 5.84. The lowest BCUT2D eigenvalue weighted by Crippen LogP contribution is -2.44. The summed E-state index contributed by atoms with van der Waals surface area (Å²) < 4.78 is 14.6. The van der Waals surface area contributed by atoms with Crippen LogP contribution in [-0.2, 0) is 4.79 Å². The predicted molar refractivity (Wildman–Crippen MR) is 97.4 cm³/mol. The molecule has 0 saturated heterocycles. The smallest absolute Gasteiger partial charge is 0.230 e. The third-order valence-corrected chi connectivity index (χ3v) is 4.32. The van der Waals surface area contributed by atoms with Gasteiger partial charge in [-0.15, -0.1) is 0 Å². The number of amides is 1. The summed E-state index contributed by atoms with van der Waals surface area (Å²) in [4.78, 5) is 14.7. The highest BCUT2D eigenvalue weighted by Crippen LogP contribution is 2.27. The van der Waals surface area contributed by atoms with Crippen LogP contribution in [0.3, 0.4) is 0 Å². The lowest BCUT2D eigenvalue weighted by atomic mass is 9.95. The molecule has 0 fully saturated rings. The van der Waals surface area contributed by atoms with Crippen molar-refractivity contribution in [3.8, 4) is 11.1 Å². The summed E-state index contributed by atoms with van der Waals surface area (Å²) in [6.07, 6.45) is 0. The topological polar surface area (TPSA) is 20.3 Å². The van der Waals surface area contributed by atoms with E-state index in [9.17, 15) is 9.18 Å². The minimum absolute atomic E-state index is 0.0341. The molecule has 0 spiro atoms. The number of hydrogen-bond acceptors (Lipinski definition) is 1. The minimum Gasteiger partial charge on any atom is -0.337 e. The van der Waals surface area contributed by atoms with Gasteiger partial charge in [-0.05, 0) is 51.8 Å². The summed E-state index contributed by atoms with van der Waals surface area (Å²) in [6.45, 7) is 9.86.